The molecule has 0 aliphatic heterocycles. The smallest absolute Gasteiger partial charge is 0.294 e. The van der Waals surface area contributed by atoms with Crippen molar-refractivity contribution in [1.29, 1.82) is 0 Å². The number of aromatic nitrogens is 1. The van der Waals surface area contributed by atoms with Gasteiger partial charge in [0.2, 0.25) is 0 Å². The lowest BCUT2D eigenvalue weighted by atomic mass is 10.7. The minimum Gasteiger partial charge on any atom is -0.294 e. The van der Waals surface area contributed by atoms with E-state index in [0.717, 1.165) is 0 Å². The molecule has 1 nitrogen and oxygen atoms in total. The van der Waals surface area contributed by atoms with Gasteiger partial charge in [-0.3, -0.25) is 3.97 Å². The Hall–Kier alpha value is 0.140. The number of hydrogen-bond acceptors (Lipinski definition) is 1. The Kier molecular flexibility index (Phi) is 2.50. The molecule has 1 aromatic rings. The zero-order valence-corrected chi connectivity index (χ0v) is 7.13. The molecule has 5 heteroatoms. The van der Waals surface area contributed by atoms with Crippen molar-refractivity contribution in [3.05, 3.63) is 24.5 Å². The van der Waals surface area contributed by atoms with Gasteiger partial charge in [-0.05, 0) is 12.1 Å². The normalized spacial score (nSPS) is 11.9. The molecule has 0 saturated heterocycles. The zero-order chi connectivity index (χ0) is 7.61. The van der Waals surface area contributed by atoms with E-state index in [2.05, 4.69) is 0 Å². The topological polar surface area (TPSA) is 4.93 Å². The summed E-state index contributed by atoms with van der Waals surface area (Å²) in [6.07, 6.45) is 3.31. The largest absolute Gasteiger partial charge is 0.323 e. The molecule has 0 fully saturated rings. The van der Waals surface area contributed by atoms with E-state index in [4.69, 9.17) is 23.2 Å². The summed E-state index contributed by atoms with van der Waals surface area (Å²) in [5, 5.41) is 0. The van der Waals surface area contributed by atoms with Gasteiger partial charge in [0.05, 0.1) is 0 Å². The van der Waals surface area contributed by atoms with Gasteiger partial charge >= 0.3 is 3.92 Å². The Morgan fingerprint density at radius 1 is 1.30 bits per heavy atom. The van der Waals surface area contributed by atoms with Crippen LogP contribution in [-0.4, -0.2) is 7.89 Å². The predicted molar refractivity (Wildman–Crippen MR) is 43.0 cm³/mol. The molecule has 0 aliphatic rings. The van der Waals surface area contributed by atoms with Gasteiger partial charge in [0.25, 0.3) is 0 Å². The highest BCUT2D eigenvalue weighted by Gasteiger charge is 2.23. The molecule has 10 heavy (non-hydrogen) atoms. The van der Waals surface area contributed by atoms with Crippen LogP contribution in [0.15, 0.2) is 24.5 Å². The van der Waals surface area contributed by atoms with Gasteiger partial charge in [-0.2, -0.15) is 4.39 Å². The van der Waals surface area contributed by atoms with Crippen LogP contribution in [0, 0.1) is 0 Å². The summed E-state index contributed by atoms with van der Waals surface area (Å²) < 4.78 is 11.7. The summed E-state index contributed by atoms with van der Waals surface area (Å²) in [5.41, 5.74) is 0. The lowest BCUT2D eigenvalue weighted by Gasteiger charge is -2.07. The molecule has 0 aliphatic carbocycles. The SMILES string of the molecule is FC(Cl)(Cl)Sn1cccc1. The lowest BCUT2D eigenvalue weighted by Crippen LogP contribution is -1.99. The third kappa shape index (κ3) is 2.82. The van der Waals surface area contributed by atoms with Crippen molar-refractivity contribution in [2.75, 3.05) is 0 Å². The van der Waals surface area contributed by atoms with E-state index >= 15 is 0 Å². The van der Waals surface area contributed by atoms with Crippen LogP contribution in [-0.2, 0) is 0 Å². The maximum atomic E-state index is 12.4. The van der Waals surface area contributed by atoms with E-state index in [1.54, 1.807) is 24.5 Å². The van der Waals surface area contributed by atoms with Crippen molar-refractivity contribution in [3.8, 4) is 0 Å². The first kappa shape index (κ1) is 8.24. The first-order valence-electron chi connectivity index (χ1n) is 2.47. The van der Waals surface area contributed by atoms with Crippen LogP contribution in [0.1, 0.15) is 0 Å². The molecule has 0 bridgehead atoms. The number of halogens is 3. The third-order valence-electron chi connectivity index (χ3n) is 0.786. The monoisotopic (exact) mass is 199 g/mol. The third-order valence-corrected chi connectivity index (χ3v) is 1.86. The Morgan fingerprint density at radius 2 is 1.80 bits per heavy atom. The second-order valence-corrected chi connectivity index (χ2v) is 4.43. The van der Waals surface area contributed by atoms with E-state index in [-0.39, 0.29) is 0 Å². The summed E-state index contributed by atoms with van der Waals surface area (Å²) >= 11 is 10.8. The van der Waals surface area contributed by atoms with E-state index in [9.17, 15) is 4.39 Å². The number of alkyl halides is 3. The van der Waals surface area contributed by atoms with Crippen molar-refractivity contribution >= 4 is 35.1 Å². The highest BCUT2D eigenvalue weighted by Crippen LogP contribution is 2.36. The van der Waals surface area contributed by atoms with Gasteiger partial charge in [-0.1, -0.05) is 23.2 Å². The van der Waals surface area contributed by atoms with E-state index in [1.807, 2.05) is 0 Å². The highest BCUT2D eigenvalue weighted by molar-refractivity contribution is 8.01. The minimum atomic E-state index is -2.25. The fraction of sp³-hybridized carbons (Fsp3) is 0.200. The Morgan fingerprint density at radius 3 is 2.20 bits per heavy atom. The summed E-state index contributed by atoms with van der Waals surface area (Å²) in [4.78, 5) is 0. The van der Waals surface area contributed by atoms with Crippen molar-refractivity contribution in [2.24, 2.45) is 0 Å². The molecular formula is C5H4Cl2FNS. The Bertz CT molecular complexity index is 194. The first-order valence-corrected chi connectivity index (χ1v) is 4.00. The predicted octanol–water partition coefficient (Wildman–Crippen LogP) is 3.04. The van der Waals surface area contributed by atoms with Crippen LogP contribution >= 0.6 is 35.1 Å². The fourth-order valence-corrected chi connectivity index (χ4v) is 1.48. The molecular weight excluding hydrogens is 196 g/mol. The van der Waals surface area contributed by atoms with Gasteiger partial charge in [0, 0.05) is 24.3 Å². The summed E-state index contributed by atoms with van der Waals surface area (Å²) in [6.45, 7) is 0. The van der Waals surface area contributed by atoms with Crippen LogP contribution in [0.2, 0.25) is 0 Å². The number of rotatable bonds is 2. The standard InChI is InChI=1S/C5H4Cl2FNS/c6-5(7,8)10-9-3-1-2-4-9/h1-4H. The van der Waals surface area contributed by atoms with Crippen molar-refractivity contribution < 1.29 is 4.39 Å². The molecule has 0 aromatic carbocycles. The molecule has 0 saturated carbocycles. The maximum Gasteiger partial charge on any atom is 0.323 e. The van der Waals surface area contributed by atoms with Gasteiger partial charge in [-0.25, -0.2) is 0 Å². The second kappa shape index (κ2) is 3.03. The maximum absolute atomic E-state index is 12.4. The average molecular weight is 200 g/mol. The molecule has 0 spiro atoms. The molecule has 0 N–H and O–H groups in total. The lowest BCUT2D eigenvalue weighted by molar-refractivity contribution is 0.514. The van der Waals surface area contributed by atoms with Crippen LogP contribution in [0.5, 0.6) is 0 Å². The number of nitrogens with zero attached hydrogens (tertiary/aromatic N) is 1. The van der Waals surface area contributed by atoms with Crippen molar-refractivity contribution in [3.63, 3.8) is 0 Å². The van der Waals surface area contributed by atoms with Gasteiger partial charge in [0.15, 0.2) is 0 Å². The van der Waals surface area contributed by atoms with Gasteiger partial charge < -0.3 is 0 Å². The van der Waals surface area contributed by atoms with Crippen LogP contribution in [0.25, 0.3) is 0 Å². The average Bonchev–Trinajstić information content (AvgIpc) is 2.12. The molecule has 1 aromatic heterocycles. The number of hydrogen-bond donors (Lipinski definition) is 0. The molecule has 0 unspecified atom stereocenters. The summed E-state index contributed by atoms with van der Waals surface area (Å²) in [6, 6.07) is 3.51. The second-order valence-electron chi connectivity index (χ2n) is 1.58. The fourth-order valence-electron chi connectivity index (χ4n) is 0.499. The molecule has 0 atom stereocenters. The van der Waals surface area contributed by atoms with Gasteiger partial charge in [0.1, 0.15) is 0 Å². The molecule has 0 amide bonds. The van der Waals surface area contributed by atoms with Crippen LogP contribution in [0.3, 0.4) is 0 Å². The van der Waals surface area contributed by atoms with Gasteiger partial charge in [-0.15, -0.1) is 0 Å². The molecule has 1 heterocycles. The van der Waals surface area contributed by atoms with Crippen molar-refractivity contribution in [1.82, 2.24) is 3.97 Å². The van der Waals surface area contributed by atoms with E-state index in [1.165, 1.54) is 3.97 Å². The molecule has 0 radical (unpaired) electrons. The van der Waals surface area contributed by atoms with E-state index < -0.39 is 3.92 Å². The zero-order valence-electron chi connectivity index (χ0n) is 4.80. The van der Waals surface area contributed by atoms with Crippen molar-refractivity contribution in [2.45, 2.75) is 3.92 Å². The Labute approximate surface area is 72.2 Å². The van der Waals surface area contributed by atoms with E-state index in [0.29, 0.717) is 11.9 Å². The first-order chi connectivity index (χ1) is 4.58. The van der Waals surface area contributed by atoms with Crippen LogP contribution in [0.4, 0.5) is 4.39 Å². The minimum absolute atomic E-state index is 0.688. The molecule has 1 rings (SSSR count). The Balaban J connectivity index is 2.57. The summed E-state index contributed by atoms with van der Waals surface area (Å²) in [5.74, 6) is 0. The molecule has 56 valence electrons. The van der Waals surface area contributed by atoms with Crippen LogP contribution < -0.4 is 0 Å². The quantitative estimate of drug-likeness (QED) is 0.664. The highest BCUT2D eigenvalue weighted by atomic mass is 35.5. The summed E-state index contributed by atoms with van der Waals surface area (Å²) in [7, 11) is 0.